The maximum Gasteiger partial charge on any atom is 0.133 e. The molecule has 0 bridgehead atoms. The normalized spacial score (nSPS) is 57.9. The number of aliphatic hydroxyl groups is 1. The van der Waals surface area contributed by atoms with Crippen molar-refractivity contribution in [2.24, 2.45) is 56.7 Å². The van der Waals surface area contributed by atoms with Gasteiger partial charge >= 0.3 is 0 Å². The molecule has 2 heteroatoms. The van der Waals surface area contributed by atoms with Crippen LogP contribution in [-0.4, -0.2) is 17.0 Å². The highest BCUT2D eigenvalue weighted by atomic mass is 16.3. The molecule has 0 heterocycles. The lowest BCUT2D eigenvalue weighted by molar-refractivity contribution is -0.246. The van der Waals surface area contributed by atoms with E-state index in [1.807, 2.05) is 6.92 Å². The molecule has 0 radical (unpaired) electrons. The highest BCUT2D eigenvalue weighted by Crippen LogP contribution is 2.77. The van der Waals surface area contributed by atoms with Crippen molar-refractivity contribution in [3.8, 4) is 0 Å². The Balaban J connectivity index is 1.54. The fourth-order valence-electron chi connectivity index (χ4n) is 11.4. The van der Waals surface area contributed by atoms with Gasteiger partial charge in [0.2, 0.25) is 0 Å². The average molecular weight is 429 g/mol. The van der Waals surface area contributed by atoms with Gasteiger partial charge in [-0.25, -0.2) is 0 Å². The van der Waals surface area contributed by atoms with Crippen molar-refractivity contribution in [2.75, 3.05) is 0 Å². The number of hydrogen-bond acceptors (Lipinski definition) is 2. The molecule has 0 aromatic heterocycles. The van der Waals surface area contributed by atoms with Gasteiger partial charge in [0.15, 0.2) is 0 Å². The Bertz CT molecular complexity index is 771. The number of Topliss-reactive ketones (excluding diaryl/α,β-unsaturated/α-hetero) is 1. The summed E-state index contributed by atoms with van der Waals surface area (Å²) in [7, 11) is 0. The Kier molecular flexibility index (Phi) is 4.78. The SMILES string of the molecule is CC(=O)[C@@H]1CC[C@]2(C)CC[C@]3(C)[C@H](CC[C@@H]4[C@@]5(C)CCC(O)C(C)(C)[C@@H]5CC[C@]43C)[C@@H]12. The summed E-state index contributed by atoms with van der Waals surface area (Å²) >= 11 is 0. The van der Waals surface area contributed by atoms with Crippen LogP contribution in [0.2, 0.25) is 0 Å². The first-order valence-electron chi connectivity index (χ1n) is 13.5. The zero-order valence-electron chi connectivity index (χ0n) is 21.4. The maximum absolute atomic E-state index is 12.7. The minimum atomic E-state index is -0.146. The predicted octanol–water partition coefficient (Wildman–Crippen LogP) is 7.04. The van der Waals surface area contributed by atoms with Crippen molar-refractivity contribution < 1.29 is 9.90 Å². The molecule has 10 atom stereocenters. The number of carbonyl (C=O) groups is 1. The zero-order chi connectivity index (χ0) is 22.6. The topological polar surface area (TPSA) is 37.3 Å². The Morgan fingerprint density at radius 3 is 2.13 bits per heavy atom. The van der Waals surface area contributed by atoms with Crippen molar-refractivity contribution in [1.82, 2.24) is 0 Å². The lowest BCUT2D eigenvalue weighted by Gasteiger charge is -2.72. The third-order valence-electron chi connectivity index (χ3n) is 13.4. The number of carbonyl (C=O) groups excluding carboxylic acids is 1. The molecule has 5 aliphatic carbocycles. The molecule has 0 spiro atoms. The lowest BCUT2D eigenvalue weighted by atomic mass is 9.32. The van der Waals surface area contributed by atoms with Crippen LogP contribution >= 0.6 is 0 Å². The summed E-state index contributed by atoms with van der Waals surface area (Å²) < 4.78 is 0. The molecule has 5 aliphatic rings. The fourth-order valence-corrected chi connectivity index (χ4v) is 11.4. The van der Waals surface area contributed by atoms with Gasteiger partial charge in [-0.1, -0.05) is 41.5 Å². The van der Waals surface area contributed by atoms with E-state index in [4.69, 9.17) is 0 Å². The van der Waals surface area contributed by atoms with Crippen molar-refractivity contribution in [2.45, 2.75) is 119 Å². The van der Waals surface area contributed by atoms with Crippen molar-refractivity contribution in [3.63, 3.8) is 0 Å². The van der Waals surface area contributed by atoms with E-state index in [1.165, 1.54) is 51.4 Å². The van der Waals surface area contributed by atoms with E-state index in [-0.39, 0.29) is 11.5 Å². The Labute approximate surface area is 191 Å². The minimum Gasteiger partial charge on any atom is -0.393 e. The average Bonchev–Trinajstić information content (AvgIpc) is 3.04. The summed E-state index contributed by atoms with van der Waals surface area (Å²) in [6.07, 6.45) is 12.3. The zero-order valence-corrected chi connectivity index (χ0v) is 21.4. The van der Waals surface area contributed by atoms with Gasteiger partial charge in [0.1, 0.15) is 5.78 Å². The van der Waals surface area contributed by atoms with E-state index in [0.29, 0.717) is 51.1 Å². The second kappa shape index (κ2) is 6.61. The molecule has 0 aromatic carbocycles. The smallest absolute Gasteiger partial charge is 0.133 e. The lowest BCUT2D eigenvalue weighted by Crippen LogP contribution is -2.66. The first kappa shape index (κ1) is 22.4. The molecule has 5 rings (SSSR count). The minimum absolute atomic E-state index is 0.0302. The van der Waals surface area contributed by atoms with Gasteiger partial charge in [0, 0.05) is 5.92 Å². The number of ketones is 1. The summed E-state index contributed by atoms with van der Waals surface area (Å²) in [5, 5.41) is 10.9. The van der Waals surface area contributed by atoms with Crippen molar-refractivity contribution in [1.29, 1.82) is 0 Å². The number of rotatable bonds is 1. The summed E-state index contributed by atoms with van der Waals surface area (Å²) in [4.78, 5) is 12.7. The molecular weight excluding hydrogens is 380 g/mol. The van der Waals surface area contributed by atoms with Gasteiger partial charge < -0.3 is 5.11 Å². The van der Waals surface area contributed by atoms with Crippen LogP contribution in [-0.2, 0) is 4.79 Å². The highest BCUT2D eigenvalue weighted by molar-refractivity contribution is 5.79. The van der Waals surface area contributed by atoms with Gasteiger partial charge in [-0.05, 0) is 122 Å². The summed E-state index contributed by atoms with van der Waals surface area (Å²) in [6.45, 7) is 17.0. The second-order valence-corrected chi connectivity index (χ2v) is 14.5. The monoisotopic (exact) mass is 428 g/mol. The summed E-state index contributed by atoms with van der Waals surface area (Å²) in [5.74, 6) is 3.48. The molecule has 1 N–H and O–H groups in total. The maximum atomic E-state index is 12.7. The van der Waals surface area contributed by atoms with Crippen molar-refractivity contribution in [3.05, 3.63) is 0 Å². The number of aliphatic hydroxyl groups excluding tert-OH is 1. The van der Waals surface area contributed by atoms with Gasteiger partial charge in [0.05, 0.1) is 6.10 Å². The van der Waals surface area contributed by atoms with Crippen LogP contribution < -0.4 is 0 Å². The van der Waals surface area contributed by atoms with E-state index < -0.39 is 0 Å². The molecule has 2 nitrogen and oxygen atoms in total. The van der Waals surface area contributed by atoms with Crippen LogP contribution in [0, 0.1) is 56.7 Å². The second-order valence-electron chi connectivity index (χ2n) is 14.5. The molecule has 1 unspecified atom stereocenters. The fraction of sp³-hybridized carbons (Fsp3) is 0.966. The molecular formula is C29H48O2. The molecule has 0 aliphatic heterocycles. The molecule has 0 amide bonds. The predicted molar refractivity (Wildman–Crippen MR) is 127 cm³/mol. The van der Waals surface area contributed by atoms with Crippen LogP contribution in [0.4, 0.5) is 0 Å². The third-order valence-corrected chi connectivity index (χ3v) is 13.4. The molecule has 176 valence electrons. The number of hydrogen-bond donors (Lipinski definition) is 1. The van der Waals surface area contributed by atoms with Crippen LogP contribution in [0.3, 0.4) is 0 Å². The highest BCUT2D eigenvalue weighted by Gasteiger charge is 2.70. The molecule has 0 saturated heterocycles. The standard InChI is InChI=1S/C29H48O2/c1-18(30)19-10-13-26(4)16-17-28(6)20(24(19)26)8-9-22-27(5)14-12-23(31)25(2,3)21(27)11-15-29(22,28)7/h19-24,31H,8-17H2,1-7H3/t19-,20+,21-,22+,23?,24+,26+,27-,28+,29+/m0/s1. The van der Waals surface area contributed by atoms with E-state index in [0.717, 1.165) is 18.8 Å². The quantitative estimate of drug-likeness (QED) is 0.486. The van der Waals surface area contributed by atoms with Crippen LogP contribution in [0.25, 0.3) is 0 Å². The number of fused-ring (bicyclic) bond motifs is 7. The van der Waals surface area contributed by atoms with E-state index >= 15 is 0 Å². The van der Waals surface area contributed by atoms with Gasteiger partial charge in [-0.2, -0.15) is 0 Å². The van der Waals surface area contributed by atoms with Crippen LogP contribution in [0.5, 0.6) is 0 Å². The van der Waals surface area contributed by atoms with E-state index in [1.54, 1.807) is 0 Å². The summed E-state index contributed by atoms with van der Waals surface area (Å²) in [6, 6.07) is 0. The first-order chi connectivity index (χ1) is 14.3. The molecule has 5 fully saturated rings. The van der Waals surface area contributed by atoms with E-state index in [9.17, 15) is 9.90 Å². The van der Waals surface area contributed by atoms with E-state index in [2.05, 4.69) is 41.5 Å². The largest absolute Gasteiger partial charge is 0.393 e. The first-order valence-corrected chi connectivity index (χ1v) is 13.5. The van der Waals surface area contributed by atoms with Gasteiger partial charge in [-0.3, -0.25) is 4.79 Å². The molecule has 5 saturated carbocycles. The van der Waals surface area contributed by atoms with Crippen molar-refractivity contribution >= 4 is 5.78 Å². The Hall–Kier alpha value is -0.370. The van der Waals surface area contributed by atoms with Crippen LogP contribution in [0.15, 0.2) is 0 Å². The molecule has 0 aromatic rings. The Morgan fingerprint density at radius 1 is 0.742 bits per heavy atom. The Morgan fingerprint density at radius 2 is 1.45 bits per heavy atom. The molecule has 31 heavy (non-hydrogen) atoms. The summed E-state index contributed by atoms with van der Waals surface area (Å²) in [5.41, 5.74) is 1.49. The van der Waals surface area contributed by atoms with Crippen LogP contribution in [0.1, 0.15) is 113 Å². The van der Waals surface area contributed by atoms with Gasteiger partial charge in [0.25, 0.3) is 0 Å². The third kappa shape index (κ3) is 2.64. The van der Waals surface area contributed by atoms with Gasteiger partial charge in [-0.15, -0.1) is 0 Å².